The van der Waals surface area contributed by atoms with Crippen LogP contribution in [0.2, 0.25) is 0 Å². The van der Waals surface area contributed by atoms with E-state index >= 15 is 0 Å². The van der Waals surface area contributed by atoms with E-state index in [1.165, 1.54) is 4.90 Å². The number of carboxylic acid groups (broad SMARTS) is 1. The lowest BCUT2D eigenvalue weighted by Crippen LogP contribution is -2.64. The number of fused-ring (bicyclic) bond motifs is 5. The van der Waals surface area contributed by atoms with Crippen molar-refractivity contribution in [2.75, 3.05) is 0 Å². The number of aliphatic hydroxyl groups is 1. The van der Waals surface area contributed by atoms with Crippen molar-refractivity contribution >= 4 is 17.4 Å². The number of hydrogen-bond acceptors (Lipinski definition) is 3. The maximum atomic E-state index is 12.3. The van der Waals surface area contributed by atoms with Gasteiger partial charge in [-0.3, -0.25) is 4.79 Å². The number of nitrogens with zero attached hydrogens (tertiary/aromatic N) is 1. The van der Waals surface area contributed by atoms with Crippen molar-refractivity contribution < 1.29 is 19.8 Å². The molecule has 3 aliphatic rings. The molecular formula is C17H17NO4. The number of benzene rings is 1. The maximum Gasteiger partial charge on any atom is 0.352 e. The molecule has 1 fully saturated rings. The van der Waals surface area contributed by atoms with Crippen LogP contribution < -0.4 is 0 Å². The highest BCUT2D eigenvalue weighted by molar-refractivity contribution is 6.07. The van der Waals surface area contributed by atoms with Crippen LogP contribution in [0.3, 0.4) is 0 Å². The van der Waals surface area contributed by atoms with Crippen molar-refractivity contribution in [3.05, 3.63) is 41.1 Å². The van der Waals surface area contributed by atoms with Crippen molar-refractivity contribution in [2.24, 2.45) is 11.8 Å². The summed E-state index contributed by atoms with van der Waals surface area (Å²) >= 11 is 0. The summed E-state index contributed by atoms with van der Waals surface area (Å²) < 4.78 is 0. The molecule has 0 saturated carbocycles. The van der Waals surface area contributed by atoms with Gasteiger partial charge in [0.1, 0.15) is 5.70 Å². The van der Waals surface area contributed by atoms with Crippen molar-refractivity contribution in [3.8, 4) is 0 Å². The van der Waals surface area contributed by atoms with Gasteiger partial charge in [0.05, 0.1) is 18.1 Å². The molecule has 1 aromatic rings. The maximum absolute atomic E-state index is 12.3. The molecule has 0 unspecified atom stereocenters. The second-order valence-electron chi connectivity index (χ2n) is 6.33. The van der Waals surface area contributed by atoms with E-state index in [1.54, 1.807) is 6.92 Å². The number of hydrogen-bond donors (Lipinski definition) is 2. The summed E-state index contributed by atoms with van der Waals surface area (Å²) in [6.45, 7) is 1.61. The Morgan fingerprint density at radius 1 is 1.36 bits per heavy atom. The monoisotopic (exact) mass is 299 g/mol. The van der Waals surface area contributed by atoms with Gasteiger partial charge in [-0.25, -0.2) is 4.79 Å². The van der Waals surface area contributed by atoms with E-state index in [0.29, 0.717) is 0 Å². The van der Waals surface area contributed by atoms with Crippen molar-refractivity contribution in [1.29, 1.82) is 0 Å². The topological polar surface area (TPSA) is 77.8 Å². The lowest BCUT2D eigenvalue weighted by atomic mass is 9.71. The van der Waals surface area contributed by atoms with E-state index in [-0.39, 0.29) is 23.6 Å². The number of carbonyl (C=O) groups excluding carboxylic acids is 1. The van der Waals surface area contributed by atoms with Gasteiger partial charge < -0.3 is 15.1 Å². The SMILES string of the molecule is C[C@@H](O)[C@H]1C(=O)N2C(C(=O)O)=C3c4ccccc4CC[C@@H]3[C@H]12. The van der Waals surface area contributed by atoms with Crippen LogP contribution >= 0.6 is 0 Å². The summed E-state index contributed by atoms with van der Waals surface area (Å²) in [5, 5.41) is 19.5. The van der Waals surface area contributed by atoms with E-state index in [2.05, 4.69) is 0 Å². The molecule has 2 heterocycles. The molecule has 22 heavy (non-hydrogen) atoms. The van der Waals surface area contributed by atoms with Crippen LogP contribution in [0.15, 0.2) is 30.0 Å². The van der Waals surface area contributed by atoms with Gasteiger partial charge in [-0.1, -0.05) is 24.3 Å². The van der Waals surface area contributed by atoms with Crippen LogP contribution in [-0.2, 0) is 16.0 Å². The number of β-lactam (4-membered cyclic amide) rings is 1. The number of carbonyl (C=O) groups is 2. The number of aliphatic hydroxyl groups excluding tert-OH is 1. The quantitative estimate of drug-likeness (QED) is 0.806. The van der Waals surface area contributed by atoms with Crippen LogP contribution in [-0.4, -0.2) is 39.1 Å². The van der Waals surface area contributed by atoms with E-state index < -0.39 is 18.0 Å². The summed E-state index contributed by atoms with van der Waals surface area (Å²) in [6.07, 6.45) is 0.948. The number of carboxylic acids is 1. The van der Waals surface area contributed by atoms with Crippen LogP contribution in [0, 0.1) is 11.8 Å². The fourth-order valence-corrected chi connectivity index (χ4v) is 4.36. The van der Waals surface area contributed by atoms with Gasteiger partial charge in [0.2, 0.25) is 5.91 Å². The van der Waals surface area contributed by atoms with Gasteiger partial charge in [0.15, 0.2) is 0 Å². The molecule has 2 aliphatic heterocycles. The molecule has 0 radical (unpaired) electrons. The number of aliphatic carboxylic acids is 1. The minimum absolute atomic E-state index is 0.0123. The van der Waals surface area contributed by atoms with Crippen LogP contribution in [0.4, 0.5) is 0 Å². The molecule has 0 spiro atoms. The largest absolute Gasteiger partial charge is 0.477 e. The Kier molecular flexibility index (Phi) is 2.72. The third-order valence-corrected chi connectivity index (χ3v) is 5.22. The highest BCUT2D eigenvalue weighted by Gasteiger charge is 2.61. The molecule has 5 heteroatoms. The zero-order valence-electron chi connectivity index (χ0n) is 12.2. The van der Waals surface area contributed by atoms with Gasteiger partial charge in [-0.05, 0) is 36.5 Å². The Morgan fingerprint density at radius 2 is 2.09 bits per heavy atom. The average Bonchev–Trinajstić information content (AvgIpc) is 2.78. The number of rotatable bonds is 2. The van der Waals surface area contributed by atoms with Crippen molar-refractivity contribution in [1.82, 2.24) is 4.90 Å². The van der Waals surface area contributed by atoms with E-state index in [9.17, 15) is 19.8 Å². The summed E-state index contributed by atoms with van der Waals surface area (Å²) in [6, 6.07) is 7.60. The molecular weight excluding hydrogens is 282 g/mol. The zero-order chi connectivity index (χ0) is 15.6. The lowest BCUT2D eigenvalue weighted by Gasteiger charge is -2.47. The molecule has 1 aliphatic carbocycles. The summed E-state index contributed by atoms with van der Waals surface area (Å²) in [4.78, 5) is 25.5. The number of amides is 1. The van der Waals surface area contributed by atoms with E-state index in [4.69, 9.17) is 0 Å². The second-order valence-corrected chi connectivity index (χ2v) is 6.33. The standard InChI is InChI=1S/C17H17NO4/c1-8(19)12-14-11-7-6-9-4-2-3-5-10(9)13(11)15(17(21)22)18(14)16(12)20/h2-5,8,11-12,14,19H,6-7H2,1H3,(H,21,22)/t8-,11+,12-,14-/m1/s1. The first-order valence-corrected chi connectivity index (χ1v) is 7.59. The normalized spacial score (nSPS) is 30.4. The Hall–Kier alpha value is -2.14. The Bertz CT molecular complexity index is 721. The third-order valence-electron chi connectivity index (χ3n) is 5.22. The molecule has 4 atom stereocenters. The highest BCUT2D eigenvalue weighted by Crippen LogP contribution is 2.54. The van der Waals surface area contributed by atoms with E-state index in [0.717, 1.165) is 29.5 Å². The smallest absolute Gasteiger partial charge is 0.352 e. The predicted molar refractivity (Wildman–Crippen MR) is 78.6 cm³/mol. The van der Waals surface area contributed by atoms with Gasteiger partial charge in [-0.15, -0.1) is 0 Å². The molecule has 1 amide bonds. The molecule has 1 saturated heterocycles. The highest BCUT2D eigenvalue weighted by atomic mass is 16.4. The van der Waals surface area contributed by atoms with Crippen LogP contribution in [0.1, 0.15) is 24.5 Å². The first-order valence-electron chi connectivity index (χ1n) is 7.59. The molecule has 0 bridgehead atoms. The van der Waals surface area contributed by atoms with Crippen LogP contribution in [0.25, 0.3) is 5.57 Å². The summed E-state index contributed by atoms with van der Waals surface area (Å²) in [7, 11) is 0. The predicted octanol–water partition coefficient (Wildman–Crippen LogP) is 1.27. The van der Waals surface area contributed by atoms with E-state index in [1.807, 2.05) is 24.3 Å². The fraction of sp³-hybridized carbons (Fsp3) is 0.412. The lowest BCUT2D eigenvalue weighted by molar-refractivity contribution is -0.163. The molecule has 2 N–H and O–H groups in total. The number of aryl methyl sites for hydroxylation is 1. The first-order chi connectivity index (χ1) is 10.5. The minimum Gasteiger partial charge on any atom is -0.477 e. The Morgan fingerprint density at radius 3 is 2.77 bits per heavy atom. The Balaban J connectivity index is 1.89. The molecule has 4 rings (SSSR count). The van der Waals surface area contributed by atoms with Crippen LogP contribution in [0.5, 0.6) is 0 Å². The molecule has 5 nitrogen and oxygen atoms in total. The average molecular weight is 299 g/mol. The third kappa shape index (κ3) is 1.52. The second kappa shape index (κ2) is 4.43. The van der Waals surface area contributed by atoms with Gasteiger partial charge in [0, 0.05) is 5.92 Å². The first kappa shape index (κ1) is 13.5. The minimum atomic E-state index is -1.06. The Labute approximate surface area is 127 Å². The van der Waals surface area contributed by atoms with Gasteiger partial charge in [-0.2, -0.15) is 0 Å². The van der Waals surface area contributed by atoms with Crippen molar-refractivity contribution in [2.45, 2.75) is 31.9 Å². The zero-order valence-corrected chi connectivity index (χ0v) is 12.2. The molecule has 1 aromatic carbocycles. The summed E-state index contributed by atoms with van der Waals surface area (Å²) in [5.74, 6) is -1.80. The molecule has 114 valence electrons. The van der Waals surface area contributed by atoms with Gasteiger partial charge in [0.25, 0.3) is 0 Å². The molecule has 0 aromatic heterocycles. The summed E-state index contributed by atoms with van der Waals surface area (Å²) in [5.41, 5.74) is 2.97. The van der Waals surface area contributed by atoms with Gasteiger partial charge >= 0.3 is 5.97 Å². The van der Waals surface area contributed by atoms with Crippen molar-refractivity contribution in [3.63, 3.8) is 0 Å². The fourth-order valence-electron chi connectivity index (χ4n) is 4.36.